The molecule has 0 aliphatic carbocycles. The number of hydrogen-bond donors (Lipinski definition) is 0. The predicted molar refractivity (Wildman–Crippen MR) is 123 cm³/mol. The molecule has 0 saturated carbocycles. The Morgan fingerprint density at radius 2 is 1.11 bits per heavy atom. The highest BCUT2D eigenvalue weighted by Crippen LogP contribution is 2.09. The van der Waals surface area contributed by atoms with Crippen LogP contribution in [0.5, 0.6) is 0 Å². The first-order valence-corrected chi connectivity index (χ1v) is 11.5. The maximum absolute atomic E-state index is 10.0. The summed E-state index contributed by atoms with van der Waals surface area (Å²) in [5.74, 6) is 0. The second-order valence-corrected chi connectivity index (χ2v) is 7.73. The average molecular weight is 414 g/mol. The molecule has 0 aromatic heterocycles. The Kier molecular flexibility index (Phi) is 23.2. The summed E-state index contributed by atoms with van der Waals surface area (Å²) >= 11 is -2.33. The zero-order chi connectivity index (χ0) is 21.5. The Labute approximate surface area is 177 Å². The fourth-order valence-corrected chi connectivity index (χ4v) is 3.34. The van der Waals surface area contributed by atoms with Crippen LogP contribution < -0.4 is 0 Å². The molecule has 0 bridgehead atoms. The van der Waals surface area contributed by atoms with Gasteiger partial charge in [0.15, 0.2) is 0 Å². The molecule has 1 atom stereocenters. The lowest BCUT2D eigenvalue weighted by Gasteiger charge is -2.35. The quantitative estimate of drug-likeness (QED) is 0.115. The van der Waals surface area contributed by atoms with Crippen molar-refractivity contribution in [2.45, 2.75) is 64.7 Å². The van der Waals surface area contributed by atoms with Crippen molar-refractivity contribution >= 4 is 11.4 Å². The Balaban J connectivity index is 0. The molecule has 1 unspecified atom stereocenters. The van der Waals surface area contributed by atoms with Crippen LogP contribution >= 0.6 is 0 Å². The summed E-state index contributed by atoms with van der Waals surface area (Å²) in [7, 11) is 0. The van der Waals surface area contributed by atoms with E-state index in [1.165, 1.54) is 44.9 Å². The van der Waals surface area contributed by atoms with E-state index in [0.717, 1.165) is 43.5 Å². The van der Waals surface area contributed by atoms with E-state index in [4.69, 9.17) is 0 Å². The van der Waals surface area contributed by atoms with Crippen LogP contribution in [0.2, 0.25) is 0 Å². The molecule has 28 heavy (non-hydrogen) atoms. The Hall–Kier alpha value is -1.01. The highest BCUT2D eigenvalue weighted by molar-refractivity contribution is 7.74. The third-order valence-electron chi connectivity index (χ3n) is 4.49. The third-order valence-corrected chi connectivity index (χ3v) is 4.85. The molecule has 0 aromatic carbocycles. The summed E-state index contributed by atoms with van der Waals surface area (Å²) in [6, 6.07) is 0. The van der Waals surface area contributed by atoms with Crippen LogP contribution in [0.3, 0.4) is 0 Å². The molecule has 0 spiro atoms. The highest BCUT2D eigenvalue weighted by Gasteiger charge is 2.20. The maximum Gasteiger partial charge on any atom is 0.0978 e. The van der Waals surface area contributed by atoms with Gasteiger partial charge in [0.25, 0.3) is 0 Å². The molecular weight excluding hydrogens is 370 g/mol. The predicted octanol–water partition coefficient (Wildman–Crippen LogP) is 5.88. The van der Waals surface area contributed by atoms with Crippen LogP contribution in [0.15, 0.2) is 50.6 Å². The van der Waals surface area contributed by atoms with Crippen LogP contribution in [0.1, 0.15) is 64.7 Å². The standard InChI is InChI=1S/C12H20N.C11H24O3S/c1-5-9-13(10-6-2,11-7-3)12-8-4;1-2-3-4-5-6-7-8-9-10-11-14-15(12)13/h5-8H,1-4,9-12H2;2-11H2,1H3,(H,12,13)/q+1;/p-1. The van der Waals surface area contributed by atoms with Crippen LogP contribution in [0.4, 0.5) is 0 Å². The van der Waals surface area contributed by atoms with Crippen molar-refractivity contribution in [1.29, 1.82) is 0 Å². The summed E-state index contributed by atoms with van der Waals surface area (Å²) in [6.07, 6.45) is 18.8. The number of hydrogen-bond acceptors (Lipinski definition) is 3. The SMILES string of the molecule is C=CC[N+](CC=C)(CC=C)CC=C.CCCCCCCCCCCOS(=O)[O-]. The molecule has 0 N–H and O–H groups in total. The van der Waals surface area contributed by atoms with E-state index < -0.39 is 11.4 Å². The molecule has 0 saturated heterocycles. The first-order chi connectivity index (χ1) is 13.5. The van der Waals surface area contributed by atoms with Crippen molar-refractivity contribution in [3.63, 3.8) is 0 Å². The summed E-state index contributed by atoms with van der Waals surface area (Å²) in [6.45, 7) is 21.4. The lowest BCUT2D eigenvalue weighted by molar-refractivity contribution is -0.906. The minimum Gasteiger partial charge on any atom is -0.750 e. The fraction of sp³-hybridized carbons (Fsp3) is 0.652. The molecule has 0 fully saturated rings. The zero-order valence-electron chi connectivity index (χ0n) is 18.1. The Morgan fingerprint density at radius 1 is 0.750 bits per heavy atom. The first-order valence-electron chi connectivity index (χ1n) is 10.5. The largest absolute Gasteiger partial charge is 0.750 e. The number of rotatable bonds is 19. The maximum atomic E-state index is 10.0. The molecule has 0 aromatic rings. The van der Waals surface area contributed by atoms with Gasteiger partial charge in [-0.1, -0.05) is 84.6 Å². The molecule has 164 valence electrons. The first kappa shape index (κ1) is 29.2. The van der Waals surface area contributed by atoms with E-state index in [1.807, 2.05) is 24.3 Å². The molecule has 4 nitrogen and oxygen atoms in total. The molecule has 0 amide bonds. The number of unbranched alkanes of at least 4 members (excludes halogenated alkanes) is 8. The monoisotopic (exact) mass is 413 g/mol. The van der Waals surface area contributed by atoms with Crippen molar-refractivity contribution in [3.05, 3.63) is 50.6 Å². The van der Waals surface area contributed by atoms with Crippen molar-refractivity contribution in [2.75, 3.05) is 32.8 Å². The van der Waals surface area contributed by atoms with Gasteiger partial charge in [0.1, 0.15) is 0 Å². The van der Waals surface area contributed by atoms with Gasteiger partial charge in [0.2, 0.25) is 0 Å². The topological polar surface area (TPSA) is 49.4 Å². The lowest BCUT2D eigenvalue weighted by atomic mass is 10.1. The van der Waals surface area contributed by atoms with Gasteiger partial charge < -0.3 is 13.2 Å². The van der Waals surface area contributed by atoms with Gasteiger partial charge in [-0.2, -0.15) is 0 Å². The van der Waals surface area contributed by atoms with E-state index in [2.05, 4.69) is 37.4 Å². The molecule has 0 radical (unpaired) electrons. The highest BCUT2D eigenvalue weighted by atomic mass is 32.2. The molecule has 0 heterocycles. The van der Waals surface area contributed by atoms with Crippen LogP contribution in [0.25, 0.3) is 0 Å². The second kappa shape index (κ2) is 22.3. The molecule has 5 heteroatoms. The van der Waals surface area contributed by atoms with Crippen molar-refractivity contribution in [2.24, 2.45) is 0 Å². The summed E-state index contributed by atoms with van der Waals surface area (Å²) in [4.78, 5) is 0. The van der Waals surface area contributed by atoms with Gasteiger partial charge in [-0.25, -0.2) is 4.21 Å². The Bertz CT molecular complexity index is 379. The van der Waals surface area contributed by atoms with Crippen LogP contribution in [0, 0.1) is 0 Å². The van der Waals surface area contributed by atoms with Crippen LogP contribution in [-0.4, -0.2) is 46.0 Å². The molecular formula is C23H43NO3S. The average Bonchev–Trinajstić information content (AvgIpc) is 2.64. The summed E-state index contributed by atoms with van der Waals surface area (Å²) in [5.41, 5.74) is 0. The molecule has 0 rings (SSSR count). The smallest absolute Gasteiger partial charge is 0.0978 e. The van der Waals surface area contributed by atoms with Gasteiger partial charge in [-0.3, -0.25) is 0 Å². The van der Waals surface area contributed by atoms with E-state index in [1.54, 1.807) is 0 Å². The van der Waals surface area contributed by atoms with E-state index in [0.29, 0.717) is 6.61 Å². The molecule has 0 aliphatic rings. The summed E-state index contributed by atoms with van der Waals surface area (Å²) < 4.78 is 25.3. The van der Waals surface area contributed by atoms with Crippen molar-refractivity contribution in [1.82, 2.24) is 0 Å². The third kappa shape index (κ3) is 19.7. The minimum absolute atomic E-state index is 0.339. The number of quaternary nitrogens is 1. The van der Waals surface area contributed by atoms with Gasteiger partial charge in [0.05, 0.1) is 44.1 Å². The van der Waals surface area contributed by atoms with Gasteiger partial charge in [-0.15, -0.1) is 0 Å². The van der Waals surface area contributed by atoms with Gasteiger partial charge in [0, 0.05) is 0 Å². The van der Waals surface area contributed by atoms with Crippen LogP contribution in [-0.2, 0) is 15.5 Å². The lowest BCUT2D eigenvalue weighted by Crippen LogP contribution is -2.48. The number of nitrogens with zero attached hydrogens (tertiary/aromatic N) is 1. The van der Waals surface area contributed by atoms with Gasteiger partial charge >= 0.3 is 0 Å². The second-order valence-electron chi connectivity index (χ2n) is 7.08. The zero-order valence-corrected chi connectivity index (χ0v) is 18.9. The molecule has 0 aliphatic heterocycles. The fourth-order valence-electron chi connectivity index (χ4n) is 3.08. The van der Waals surface area contributed by atoms with E-state index in [9.17, 15) is 8.76 Å². The van der Waals surface area contributed by atoms with E-state index in [-0.39, 0.29) is 0 Å². The van der Waals surface area contributed by atoms with Crippen molar-refractivity contribution in [3.8, 4) is 0 Å². The van der Waals surface area contributed by atoms with Crippen molar-refractivity contribution < 1.29 is 17.4 Å². The van der Waals surface area contributed by atoms with E-state index >= 15 is 0 Å². The minimum atomic E-state index is -2.33. The van der Waals surface area contributed by atoms with Gasteiger partial charge in [-0.05, 0) is 30.7 Å². The Morgan fingerprint density at radius 3 is 1.43 bits per heavy atom. The normalized spacial score (nSPS) is 11.8. The summed E-state index contributed by atoms with van der Waals surface area (Å²) in [5, 5.41) is 0.